The Balaban J connectivity index is 2.44. The van der Waals surface area contributed by atoms with E-state index in [4.69, 9.17) is 9.31 Å². The predicted octanol–water partition coefficient (Wildman–Crippen LogP) is 1.00. The maximum Gasteiger partial charge on any atom is 0.496 e. The molecule has 0 atom stereocenters. The number of methoxy groups -OCH3 is 1. The number of nitro groups is 1. The van der Waals surface area contributed by atoms with Crippen LogP contribution in [-0.2, 0) is 25.3 Å². The largest absolute Gasteiger partial charge is 0.496 e. The van der Waals surface area contributed by atoms with Crippen LogP contribution in [0.1, 0.15) is 33.4 Å². The van der Waals surface area contributed by atoms with Crippen molar-refractivity contribution in [1.29, 1.82) is 0 Å². The first-order valence-electron chi connectivity index (χ1n) is 7.13. The Morgan fingerprint density at radius 3 is 2.39 bits per heavy atom. The number of ether oxygens (including phenoxy) is 1. The Morgan fingerprint density at radius 2 is 1.91 bits per heavy atom. The Labute approximate surface area is 134 Å². The zero-order valence-electron chi connectivity index (χ0n) is 13.8. The van der Waals surface area contributed by atoms with Crippen molar-refractivity contribution in [3.05, 3.63) is 28.1 Å². The molecular weight excluding hydrogens is 303 g/mol. The zero-order valence-corrected chi connectivity index (χ0v) is 13.8. The third-order valence-corrected chi connectivity index (χ3v) is 4.25. The van der Waals surface area contributed by atoms with Crippen molar-refractivity contribution in [2.75, 3.05) is 7.11 Å². The van der Waals surface area contributed by atoms with Gasteiger partial charge < -0.3 is 14.0 Å². The van der Waals surface area contributed by atoms with Gasteiger partial charge in [-0.2, -0.15) is 0 Å². The van der Waals surface area contributed by atoms with Gasteiger partial charge in [0.05, 0.1) is 35.3 Å². The minimum atomic E-state index is -0.841. The van der Waals surface area contributed by atoms with E-state index >= 15 is 0 Å². The highest BCUT2D eigenvalue weighted by Gasteiger charge is 2.52. The number of pyridine rings is 1. The zero-order chi connectivity index (χ0) is 17.4. The Morgan fingerprint density at radius 1 is 1.35 bits per heavy atom. The molecular formula is C14H19BN2O6. The summed E-state index contributed by atoms with van der Waals surface area (Å²) in [6.07, 6.45) is 0.987. The van der Waals surface area contributed by atoms with Gasteiger partial charge in [0.1, 0.15) is 6.20 Å². The summed E-state index contributed by atoms with van der Waals surface area (Å²) >= 11 is 0. The average Bonchev–Trinajstić information content (AvgIpc) is 2.67. The van der Waals surface area contributed by atoms with Crippen LogP contribution in [0.5, 0.6) is 0 Å². The van der Waals surface area contributed by atoms with Gasteiger partial charge in [-0.05, 0) is 27.7 Å². The summed E-state index contributed by atoms with van der Waals surface area (Å²) in [6.45, 7) is 7.49. The second kappa shape index (κ2) is 5.90. The second-order valence-electron chi connectivity index (χ2n) is 6.33. The van der Waals surface area contributed by atoms with E-state index in [0.717, 1.165) is 6.20 Å². The van der Waals surface area contributed by atoms with Crippen molar-refractivity contribution in [2.24, 2.45) is 0 Å². The molecule has 23 heavy (non-hydrogen) atoms. The lowest BCUT2D eigenvalue weighted by atomic mass is 9.77. The van der Waals surface area contributed by atoms with Crippen LogP contribution in [0, 0.1) is 10.1 Å². The molecule has 0 bridgehead atoms. The van der Waals surface area contributed by atoms with E-state index in [0.29, 0.717) is 11.2 Å². The third kappa shape index (κ3) is 3.35. The molecule has 0 aromatic carbocycles. The van der Waals surface area contributed by atoms with E-state index in [-0.39, 0.29) is 12.1 Å². The first-order chi connectivity index (χ1) is 10.6. The molecule has 0 unspecified atom stereocenters. The highest BCUT2D eigenvalue weighted by Crippen LogP contribution is 2.36. The second-order valence-corrected chi connectivity index (χ2v) is 6.33. The highest BCUT2D eigenvalue weighted by atomic mass is 16.7. The molecule has 2 rings (SSSR count). The molecule has 0 saturated carbocycles. The van der Waals surface area contributed by atoms with Gasteiger partial charge in [0.15, 0.2) is 0 Å². The molecule has 1 aliphatic rings. The fourth-order valence-corrected chi connectivity index (χ4v) is 2.13. The van der Waals surface area contributed by atoms with Crippen molar-refractivity contribution in [3.8, 4) is 0 Å². The Kier molecular flexibility index (Phi) is 4.45. The van der Waals surface area contributed by atoms with Gasteiger partial charge in [-0.3, -0.25) is 19.9 Å². The Bertz CT molecular complexity index is 630. The molecule has 1 aliphatic heterocycles. The van der Waals surface area contributed by atoms with Crippen LogP contribution in [0.4, 0.5) is 5.69 Å². The quantitative estimate of drug-likeness (QED) is 0.353. The molecule has 0 radical (unpaired) electrons. The van der Waals surface area contributed by atoms with Crippen molar-refractivity contribution in [1.82, 2.24) is 4.98 Å². The predicted molar refractivity (Wildman–Crippen MR) is 82.3 cm³/mol. The molecule has 9 heteroatoms. The topological polar surface area (TPSA) is 101 Å². The van der Waals surface area contributed by atoms with Crippen molar-refractivity contribution in [2.45, 2.75) is 45.3 Å². The first-order valence-corrected chi connectivity index (χ1v) is 7.13. The van der Waals surface area contributed by atoms with Gasteiger partial charge in [0.2, 0.25) is 0 Å². The van der Waals surface area contributed by atoms with E-state index < -0.39 is 29.2 Å². The van der Waals surface area contributed by atoms with Crippen molar-refractivity contribution < 1.29 is 23.8 Å². The smallest absolute Gasteiger partial charge is 0.469 e. The number of esters is 1. The molecule has 2 heterocycles. The highest BCUT2D eigenvalue weighted by molar-refractivity contribution is 6.62. The van der Waals surface area contributed by atoms with Crippen LogP contribution >= 0.6 is 0 Å². The minimum Gasteiger partial charge on any atom is -0.469 e. The fourth-order valence-electron chi connectivity index (χ4n) is 2.13. The van der Waals surface area contributed by atoms with E-state index in [1.54, 1.807) is 0 Å². The van der Waals surface area contributed by atoms with Crippen LogP contribution in [-0.4, -0.2) is 41.3 Å². The van der Waals surface area contributed by atoms with Gasteiger partial charge in [0, 0.05) is 11.5 Å². The van der Waals surface area contributed by atoms with Crippen LogP contribution in [0.25, 0.3) is 0 Å². The van der Waals surface area contributed by atoms with Gasteiger partial charge in [0.25, 0.3) is 5.69 Å². The minimum absolute atomic E-state index is 0.117. The van der Waals surface area contributed by atoms with Gasteiger partial charge in [-0.25, -0.2) is 0 Å². The van der Waals surface area contributed by atoms with Crippen LogP contribution in [0.2, 0.25) is 0 Å². The standard InChI is InChI=1S/C14H19BN2O6/c1-13(2)14(3,4)23-15(22-13)10-6-9(17(19)20)8-16-11(10)7-12(18)21-5/h6,8H,7H2,1-5H3. The molecule has 0 spiro atoms. The maximum atomic E-state index is 11.5. The summed E-state index contributed by atoms with van der Waals surface area (Å²) in [5.41, 5.74) is -0.706. The number of carbonyl (C=O) groups is 1. The lowest BCUT2D eigenvalue weighted by Crippen LogP contribution is -2.41. The summed E-state index contributed by atoms with van der Waals surface area (Å²) in [4.78, 5) is 26.0. The number of hydrogen-bond acceptors (Lipinski definition) is 7. The van der Waals surface area contributed by atoms with Crippen LogP contribution in [0.15, 0.2) is 12.3 Å². The molecule has 0 amide bonds. The normalized spacial score (nSPS) is 18.7. The monoisotopic (exact) mass is 322 g/mol. The molecule has 8 nitrogen and oxygen atoms in total. The lowest BCUT2D eigenvalue weighted by molar-refractivity contribution is -0.385. The average molecular weight is 322 g/mol. The molecule has 1 aromatic heterocycles. The molecule has 1 fully saturated rings. The summed E-state index contributed by atoms with van der Waals surface area (Å²) < 4.78 is 16.4. The first kappa shape index (κ1) is 17.4. The summed E-state index contributed by atoms with van der Waals surface area (Å²) in [7, 11) is 0.425. The van der Waals surface area contributed by atoms with Gasteiger partial charge in [-0.1, -0.05) is 0 Å². The van der Waals surface area contributed by atoms with E-state index in [2.05, 4.69) is 9.72 Å². The van der Waals surface area contributed by atoms with E-state index in [1.165, 1.54) is 13.2 Å². The van der Waals surface area contributed by atoms with Gasteiger partial charge >= 0.3 is 13.1 Å². The number of carbonyl (C=O) groups excluding carboxylic acids is 1. The number of hydrogen-bond donors (Lipinski definition) is 0. The number of nitrogens with zero attached hydrogens (tertiary/aromatic N) is 2. The molecule has 1 saturated heterocycles. The fraction of sp³-hybridized carbons (Fsp3) is 0.571. The van der Waals surface area contributed by atoms with E-state index in [9.17, 15) is 14.9 Å². The molecule has 0 N–H and O–H groups in total. The number of rotatable bonds is 4. The van der Waals surface area contributed by atoms with E-state index in [1.807, 2.05) is 27.7 Å². The third-order valence-electron chi connectivity index (χ3n) is 4.25. The number of aromatic nitrogens is 1. The summed E-state index contributed by atoms with van der Waals surface area (Å²) in [5, 5.41) is 11.0. The maximum absolute atomic E-state index is 11.5. The van der Waals surface area contributed by atoms with Crippen molar-refractivity contribution in [3.63, 3.8) is 0 Å². The molecule has 0 aliphatic carbocycles. The van der Waals surface area contributed by atoms with Crippen molar-refractivity contribution >= 4 is 24.2 Å². The van der Waals surface area contributed by atoms with Gasteiger partial charge in [-0.15, -0.1) is 0 Å². The van der Waals surface area contributed by atoms with Crippen LogP contribution in [0.3, 0.4) is 0 Å². The SMILES string of the molecule is COC(=O)Cc1ncc([N+](=O)[O-])cc1B1OC(C)(C)C(C)(C)O1. The van der Waals surface area contributed by atoms with Crippen LogP contribution < -0.4 is 5.46 Å². The summed E-state index contributed by atoms with van der Waals surface area (Å²) in [5.74, 6) is -0.496. The molecule has 124 valence electrons. The lowest BCUT2D eigenvalue weighted by Gasteiger charge is -2.32. The summed E-state index contributed by atoms with van der Waals surface area (Å²) in [6, 6.07) is 1.33. The Hall–Kier alpha value is -2.00. The molecule has 1 aromatic rings.